The average Bonchev–Trinajstić information content (AvgIpc) is 3.28. The van der Waals surface area contributed by atoms with Gasteiger partial charge in [-0.25, -0.2) is 8.42 Å². The Hall–Kier alpha value is -2.71. The Bertz CT molecular complexity index is 1140. The van der Waals surface area contributed by atoms with E-state index in [1.54, 1.807) is 22.5 Å². The van der Waals surface area contributed by atoms with Gasteiger partial charge in [-0.2, -0.15) is 4.31 Å². The van der Waals surface area contributed by atoms with Crippen LogP contribution in [-0.4, -0.2) is 30.7 Å². The predicted molar refractivity (Wildman–Crippen MR) is 125 cm³/mol. The van der Waals surface area contributed by atoms with Crippen LogP contribution in [0.1, 0.15) is 56.2 Å². The quantitative estimate of drug-likeness (QED) is 0.334. The first-order chi connectivity index (χ1) is 15.4. The van der Waals surface area contributed by atoms with Crippen molar-refractivity contribution >= 4 is 21.4 Å². The molecule has 0 bridgehead atoms. The Morgan fingerprint density at radius 3 is 2.50 bits per heavy atom. The number of nitro groups is 1. The zero-order valence-corrected chi connectivity index (χ0v) is 19.2. The minimum atomic E-state index is -3.58. The van der Waals surface area contributed by atoms with E-state index in [1.807, 2.05) is 32.0 Å². The van der Waals surface area contributed by atoms with E-state index in [1.165, 1.54) is 6.07 Å². The van der Waals surface area contributed by atoms with Crippen molar-refractivity contribution < 1.29 is 13.3 Å². The third-order valence-electron chi connectivity index (χ3n) is 6.39. The van der Waals surface area contributed by atoms with Gasteiger partial charge in [0.15, 0.2) is 0 Å². The summed E-state index contributed by atoms with van der Waals surface area (Å²) in [6.45, 7) is 4.95. The summed E-state index contributed by atoms with van der Waals surface area (Å²) in [5.41, 5.74) is 2.54. The highest BCUT2D eigenvalue weighted by molar-refractivity contribution is 7.89. The molecule has 4 rings (SSSR count). The van der Waals surface area contributed by atoms with Crippen LogP contribution < -0.4 is 5.32 Å². The number of hydrogen-bond acceptors (Lipinski definition) is 5. The second-order valence-electron chi connectivity index (χ2n) is 8.44. The number of rotatable bonds is 8. The van der Waals surface area contributed by atoms with Gasteiger partial charge in [0.05, 0.1) is 21.4 Å². The summed E-state index contributed by atoms with van der Waals surface area (Å²) in [6, 6.07) is 11.9. The van der Waals surface area contributed by atoms with E-state index in [0.717, 1.165) is 30.5 Å². The monoisotopic (exact) mass is 455 g/mol. The molecule has 3 unspecified atom stereocenters. The van der Waals surface area contributed by atoms with Crippen molar-refractivity contribution in [2.45, 2.75) is 50.0 Å². The summed E-state index contributed by atoms with van der Waals surface area (Å²) >= 11 is 0. The molecule has 3 atom stereocenters. The normalized spacial score (nSPS) is 21.8. The number of nitrogens with one attached hydrogen (secondary N) is 1. The van der Waals surface area contributed by atoms with Crippen LogP contribution >= 0.6 is 0 Å². The molecule has 1 heterocycles. The number of sulfonamides is 1. The highest BCUT2D eigenvalue weighted by Gasteiger charge is 2.40. The number of anilines is 1. The van der Waals surface area contributed by atoms with E-state index >= 15 is 0 Å². The molecule has 2 aliphatic rings. The number of fused-ring (bicyclic) bond motifs is 3. The fourth-order valence-electron chi connectivity index (χ4n) is 4.96. The van der Waals surface area contributed by atoms with Gasteiger partial charge < -0.3 is 5.32 Å². The van der Waals surface area contributed by atoms with E-state index in [-0.39, 0.29) is 28.5 Å². The largest absolute Gasteiger partial charge is 0.377 e. The highest BCUT2D eigenvalue weighted by atomic mass is 32.2. The number of para-hydroxylation sites is 1. The number of allylic oxidation sites excluding steroid dienone is 2. The maximum atomic E-state index is 13.3. The molecule has 0 aromatic heterocycles. The molecule has 2 aromatic carbocycles. The van der Waals surface area contributed by atoms with Gasteiger partial charge in [-0.15, -0.1) is 0 Å². The van der Waals surface area contributed by atoms with Crippen LogP contribution in [0, 0.1) is 16.0 Å². The number of benzene rings is 2. The van der Waals surface area contributed by atoms with Gasteiger partial charge in [0.25, 0.3) is 5.69 Å². The Labute approximate surface area is 189 Å². The van der Waals surface area contributed by atoms with E-state index in [0.29, 0.717) is 23.5 Å². The Morgan fingerprint density at radius 2 is 1.81 bits per heavy atom. The Kier molecular flexibility index (Phi) is 6.35. The van der Waals surface area contributed by atoms with E-state index in [2.05, 4.69) is 17.5 Å². The zero-order valence-electron chi connectivity index (χ0n) is 18.4. The van der Waals surface area contributed by atoms with Crippen molar-refractivity contribution in [3.63, 3.8) is 0 Å². The second-order valence-corrected chi connectivity index (χ2v) is 10.4. The van der Waals surface area contributed by atoms with Crippen LogP contribution in [0.25, 0.3) is 0 Å². The van der Waals surface area contributed by atoms with Gasteiger partial charge in [0, 0.05) is 30.8 Å². The van der Waals surface area contributed by atoms with Crippen molar-refractivity contribution in [1.29, 1.82) is 0 Å². The minimum Gasteiger partial charge on any atom is -0.377 e. The molecule has 7 nitrogen and oxygen atoms in total. The van der Waals surface area contributed by atoms with Crippen LogP contribution in [0.4, 0.5) is 11.4 Å². The molecular formula is C24H29N3O4S. The molecule has 1 aliphatic heterocycles. The number of nitro benzene ring substituents is 1. The third kappa shape index (κ3) is 3.93. The van der Waals surface area contributed by atoms with E-state index in [4.69, 9.17) is 0 Å². The summed E-state index contributed by atoms with van der Waals surface area (Å²) in [6.07, 6.45) is 6.50. The van der Waals surface area contributed by atoms with Gasteiger partial charge in [-0.05, 0) is 48.9 Å². The molecule has 8 heteroatoms. The SMILES string of the molecule is CCCN(CCC)S(=O)(=O)c1ccc2c(c1)C1C=CCC1C(c1ccccc1[N+](=O)[O-])N2. The van der Waals surface area contributed by atoms with E-state index in [9.17, 15) is 18.5 Å². The fraction of sp³-hybridized carbons (Fsp3) is 0.417. The van der Waals surface area contributed by atoms with Gasteiger partial charge in [-0.1, -0.05) is 44.2 Å². The maximum Gasteiger partial charge on any atom is 0.274 e. The predicted octanol–water partition coefficient (Wildman–Crippen LogP) is 5.23. The third-order valence-corrected chi connectivity index (χ3v) is 8.28. The number of hydrogen-bond donors (Lipinski definition) is 1. The zero-order chi connectivity index (χ0) is 22.9. The highest BCUT2D eigenvalue weighted by Crippen LogP contribution is 2.51. The molecule has 0 spiro atoms. The van der Waals surface area contributed by atoms with Gasteiger partial charge >= 0.3 is 0 Å². The van der Waals surface area contributed by atoms with Gasteiger partial charge in [0.2, 0.25) is 10.0 Å². The smallest absolute Gasteiger partial charge is 0.274 e. The van der Waals surface area contributed by atoms with Gasteiger partial charge in [-0.3, -0.25) is 10.1 Å². The fourth-order valence-corrected chi connectivity index (χ4v) is 6.62. The van der Waals surface area contributed by atoms with Crippen molar-refractivity contribution in [1.82, 2.24) is 4.31 Å². The van der Waals surface area contributed by atoms with Crippen LogP contribution in [0.3, 0.4) is 0 Å². The molecule has 32 heavy (non-hydrogen) atoms. The van der Waals surface area contributed by atoms with Crippen molar-refractivity contribution in [2.24, 2.45) is 5.92 Å². The minimum absolute atomic E-state index is 0.0111. The summed E-state index contributed by atoms with van der Waals surface area (Å²) in [5.74, 6) is 0.0981. The second kappa shape index (κ2) is 9.03. The molecule has 0 saturated carbocycles. The molecule has 1 N–H and O–H groups in total. The van der Waals surface area contributed by atoms with Crippen LogP contribution in [0.2, 0.25) is 0 Å². The lowest BCUT2D eigenvalue weighted by atomic mass is 9.76. The summed E-state index contributed by atoms with van der Waals surface area (Å²) in [4.78, 5) is 11.6. The molecule has 170 valence electrons. The van der Waals surface area contributed by atoms with Crippen molar-refractivity contribution in [3.05, 3.63) is 75.9 Å². The summed E-state index contributed by atoms with van der Waals surface area (Å²) < 4.78 is 28.2. The summed E-state index contributed by atoms with van der Waals surface area (Å²) in [7, 11) is -3.58. The van der Waals surface area contributed by atoms with E-state index < -0.39 is 10.0 Å². The van der Waals surface area contributed by atoms with Crippen molar-refractivity contribution in [2.75, 3.05) is 18.4 Å². The average molecular weight is 456 g/mol. The molecule has 0 saturated heterocycles. The first-order valence-electron chi connectivity index (χ1n) is 11.2. The lowest BCUT2D eigenvalue weighted by Crippen LogP contribution is -2.33. The molecule has 1 aliphatic carbocycles. The lowest BCUT2D eigenvalue weighted by molar-refractivity contribution is -0.385. The standard InChI is InChI=1S/C24H29N3O4S/c1-3-14-26(15-4-2)32(30,31)17-12-13-22-21(16-17)18-9-7-10-19(18)24(25-22)20-8-5-6-11-23(20)27(28)29/h5-9,11-13,16,18-19,24-25H,3-4,10,14-15H2,1-2H3. The maximum absolute atomic E-state index is 13.3. The topological polar surface area (TPSA) is 92.5 Å². The number of nitrogens with zero attached hydrogens (tertiary/aromatic N) is 2. The molecular weight excluding hydrogens is 426 g/mol. The van der Waals surface area contributed by atoms with Crippen LogP contribution in [-0.2, 0) is 10.0 Å². The van der Waals surface area contributed by atoms with Crippen molar-refractivity contribution in [3.8, 4) is 0 Å². The summed E-state index contributed by atoms with van der Waals surface area (Å²) in [5, 5.41) is 15.1. The van der Waals surface area contributed by atoms with Crippen LogP contribution in [0.5, 0.6) is 0 Å². The van der Waals surface area contributed by atoms with Gasteiger partial charge in [0.1, 0.15) is 0 Å². The first kappa shape index (κ1) is 22.5. The molecule has 0 amide bonds. The Balaban J connectivity index is 1.74. The first-order valence-corrected chi connectivity index (χ1v) is 12.6. The lowest BCUT2D eigenvalue weighted by Gasteiger charge is -2.37. The Morgan fingerprint density at radius 1 is 1.09 bits per heavy atom. The molecule has 0 radical (unpaired) electrons. The van der Waals surface area contributed by atoms with Crippen LogP contribution in [0.15, 0.2) is 59.5 Å². The molecule has 0 fully saturated rings. The molecule has 2 aromatic rings.